The molecule has 1 aromatic heterocycles. The number of nitrogens with zero attached hydrogens (tertiary/aromatic N) is 3. The highest BCUT2D eigenvalue weighted by Gasteiger charge is 2.42. The van der Waals surface area contributed by atoms with Gasteiger partial charge < -0.3 is 9.67 Å². The van der Waals surface area contributed by atoms with Gasteiger partial charge in [-0.15, -0.1) is 10.2 Å². The molecule has 2 rings (SSSR count). The minimum absolute atomic E-state index is 0.00940. The zero-order chi connectivity index (χ0) is 15.6. The molecule has 0 spiro atoms. The highest BCUT2D eigenvalue weighted by molar-refractivity contribution is 5.04. The van der Waals surface area contributed by atoms with Crippen LogP contribution in [0.5, 0.6) is 0 Å². The van der Waals surface area contributed by atoms with Crippen LogP contribution in [0.15, 0.2) is 0 Å². The van der Waals surface area contributed by atoms with Gasteiger partial charge in [-0.2, -0.15) is 13.2 Å². The maximum absolute atomic E-state index is 12.7. The molecule has 0 aliphatic heterocycles. The Morgan fingerprint density at radius 3 is 2.29 bits per heavy atom. The molecule has 21 heavy (non-hydrogen) atoms. The van der Waals surface area contributed by atoms with E-state index >= 15 is 0 Å². The number of alkyl halides is 3. The second kappa shape index (κ2) is 6.34. The van der Waals surface area contributed by atoms with Crippen molar-refractivity contribution < 1.29 is 18.3 Å². The SMILES string of the molecule is CC(C)Cn1c(CO)nnc1C1CCC(C(F)(F)F)CC1. The average Bonchev–Trinajstić information content (AvgIpc) is 2.80. The fourth-order valence-electron chi connectivity index (χ4n) is 3.01. The minimum atomic E-state index is -4.09. The molecule has 1 aromatic rings. The standard InChI is InChI=1S/C14H22F3N3O/c1-9(2)7-20-12(8-21)18-19-13(20)10-3-5-11(6-4-10)14(15,16)17/h9-11,21H,3-8H2,1-2H3. The number of halogens is 3. The third-order valence-electron chi connectivity index (χ3n) is 4.10. The Labute approximate surface area is 122 Å². The first-order valence-corrected chi connectivity index (χ1v) is 7.42. The van der Waals surface area contributed by atoms with Gasteiger partial charge in [0.1, 0.15) is 12.4 Å². The van der Waals surface area contributed by atoms with Crippen molar-refractivity contribution in [3.63, 3.8) is 0 Å². The van der Waals surface area contributed by atoms with E-state index in [1.54, 1.807) is 0 Å². The number of aliphatic hydroxyl groups is 1. The van der Waals surface area contributed by atoms with E-state index < -0.39 is 12.1 Å². The van der Waals surface area contributed by atoms with Gasteiger partial charge in [0.15, 0.2) is 5.82 Å². The first-order valence-electron chi connectivity index (χ1n) is 7.42. The van der Waals surface area contributed by atoms with E-state index in [0.717, 1.165) is 5.82 Å². The van der Waals surface area contributed by atoms with Gasteiger partial charge in [0.2, 0.25) is 0 Å². The molecule has 1 heterocycles. The maximum Gasteiger partial charge on any atom is 0.391 e. The second-order valence-corrected chi connectivity index (χ2v) is 6.23. The maximum atomic E-state index is 12.7. The molecule has 4 nitrogen and oxygen atoms in total. The molecule has 0 bridgehead atoms. The predicted molar refractivity (Wildman–Crippen MR) is 71.5 cm³/mol. The van der Waals surface area contributed by atoms with Crippen molar-refractivity contribution in [3.8, 4) is 0 Å². The van der Waals surface area contributed by atoms with E-state index in [1.807, 2.05) is 18.4 Å². The van der Waals surface area contributed by atoms with Gasteiger partial charge in [0.25, 0.3) is 0 Å². The van der Waals surface area contributed by atoms with Crippen LogP contribution in [0.1, 0.15) is 57.1 Å². The lowest BCUT2D eigenvalue weighted by molar-refractivity contribution is -0.182. The average molecular weight is 305 g/mol. The summed E-state index contributed by atoms with van der Waals surface area (Å²) in [7, 11) is 0. The van der Waals surface area contributed by atoms with Crippen LogP contribution in [0.4, 0.5) is 13.2 Å². The van der Waals surface area contributed by atoms with E-state index in [9.17, 15) is 18.3 Å². The summed E-state index contributed by atoms with van der Waals surface area (Å²) in [5.41, 5.74) is 0. The molecule has 0 unspecified atom stereocenters. The minimum Gasteiger partial charge on any atom is -0.388 e. The summed E-state index contributed by atoms with van der Waals surface area (Å²) in [6, 6.07) is 0. The van der Waals surface area contributed by atoms with E-state index in [2.05, 4.69) is 10.2 Å². The van der Waals surface area contributed by atoms with Crippen molar-refractivity contribution in [2.24, 2.45) is 11.8 Å². The van der Waals surface area contributed by atoms with Crippen molar-refractivity contribution in [1.82, 2.24) is 14.8 Å². The zero-order valence-corrected chi connectivity index (χ0v) is 12.4. The van der Waals surface area contributed by atoms with Crippen LogP contribution in [0.2, 0.25) is 0 Å². The van der Waals surface area contributed by atoms with Crippen LogP contribution in [0, 0.1) is 11.8 Å². The van der Waals surface area contributed by atoms with Crippen molar-refractivity contribution in [1.29, 1.82) is 0 Å². The lowest BCUT2D eigenvalue weighted by Crippen LogP contribution is -2.28. The first kappa shape index (κ1) is 16.3. The number of hydrogen-bond donors (Lipinski definition) is 1. The van der Waals surface area contributed by atoms with Gasteiger partial charge >= 0.3 is 6.18 Å². The van der Waals surface area contributed by atoms with Crippen LogP contribution < -0.4 is 0 Å². The smallest absolute Gasteiger partial charge is 0.388 e. The Kier molecular flexibility index (Phi) is 4.91. The molecule has 0 saturated heterocycles. The van der Waals surface area contributed by atoms with E-state index in [1.165, 1.54) is 0 Å². The topological polar surface area (TPSA) is 50.9 Å². The molecular weight excluding hydrogens is 283 g/mol. The molecule has 1 saturated carbocycles. The number of aliphatic hydroxyl groups excluding tert-OH is 1. The highest BCUT2D eigenvalue weighted by Crippen LogP contribution is 2.42. The summed E-state index contributed by atoms with van der Waals surface area (Å²) < 4.78 is 40.0. The quantitative estimate of drug-likeness (QED) is 0.929. The first-order chi connectivity index (χ1) is 9.82. The normalized spacial score (nSPS) is 23.8. The van der Waals surface area contributed by atoms with Crippen molar-refractivity contribution in [3.05, 3.63) is 11.6 Å². The Bertz CT molecular complexity index is 463. The van der Waals surface area contributed by atoms with Crippen molar-refractivity contribution >= 4 is 0 Å². The Balaban J connectivity index is 2.11. The van der Waals surface area contributed by atoms with Crippen molar-refractivity contribution in [2.45, 2.75) is 64.8 Å². The van der Waals surface area contributed by atoms with Gasteiger partial charge in [0, 0.05) is 12.5 Å². The highest BCUT2D eigenvalue weighted by atomic mass is 19.4. The third kappa shape index (κ3) is 3.75. The Hall–Kier alpha value is -1.11. The molecule has 1 aliphatic carbocycles. The fraction of sp³-hybridized carbons (Fsp3) is 0.857. The van der Waals surface area contributed by atoms with Gasteiger partial charge in [-0.1, -0.05) is 13.8 Å². The molecule has 0 aromatic carbocycles. The summed E-state index contributed by atoms with van der Waals surface area (Å²) in [4.78, 5) is 0. The molecule has 1 fully saturated rings. The van der Waals surface area contributed by atoms with Crippen molar-refractivity contribution in [2.75, 3.05) is 0 Å². The fourth-order valence-corrected chi connectivity index (χ4v) is 3.01. The number of hydrogen-bond acceptors (Lipinski definition) is 3. The summed E-state index contributed by atoms with van der Waals surface area (Å²) in [6.45, 7) is 4.58. The summed E-state index contributed by atoms with van der Waals surface area (Å²) in [6.07, 6.45) is -2.83. The lowest BCUT2D eigenvalue weighted by atomic mass is 9.81. The molecular formula is C14H22F3N3O. The summed E-state index contributed by atoms with van der Waals surface area (Å²) in [5, 5.41) is 17.4. The largest absolute Gasteiger partial charge is 0.391 e. The number of rotatable bonds is 4. The van der Waals surface area contributed by atoms with E-state index in [4.69, 9.17) is 0 Å². The molecule has 120 valence electrons. The molecule has 0 amide bonds. The van der Waals surface area contributed by atoms with Crippen LogP contribution in [0.3, 0.4) is 0 Å². The monoisotopic (exact) mass is 305 g/mol. The molecule has 7 heteroatoms. The molecule has 1 aliphatic rings. The molecule has 0 radical (unpaired) electrons. The molecule has 0 atom stereocenters. The second-order valence-electron chi connectivity index (χ2n) is 6.23. The predicted octanol–water partition coefficient (Wildman–Crippen LogP) is 3.26. The Morgan fingerprint density at radius 1 is 1.19 bits per heavy atom. The Morgan fingerprint density at radius 2 is 1.81 bits per heavy atom. The van der Waals surface area contributed by atoms with Crippen LogP contribution >= 0.6 is 0 Å². The van der Waals surface area contributed by atoms with Crippen LogP contribution in [-0.2, 0) is 13.2 Å². The van der Waals surface area contributed by atoms with Gasteiger partial charge in [-0.05, 0) is 31.6 Å². The third-order valence-corrected chi connectivity index (χ3v) is 4.10. The van der Waals surface area contributed by atoms with Crippen LogP contribution in [0.25, 0.3) is 0 Å². The van der Waals surface area contributed by atoms with Gasteiger partial charge in [-0.3, -0.25) is 0 Å². The summed E-state index contributed by atoms with van der Waals surface area (Å²) in [5.74, 6) is 0.407. The van der Waals surface area contributed by atoms with Gasteiger partial charge in [-0.25, -0.2) is 0 Å². The molecule has 1 N–H and O–H groups in total. The zero-order valence-electron chi connectivity index (χ0n) is 12.4. The van der Waals surface area contributed by atoms with E-state index in [-0.39, 0.29) is 25.4 Å². The lowest BCUT2D eigenvalue weighted by Gasteiger charge is -2.29. The van der Waals surface area contributed by atoms with Gasteiger partial charge in [0.05, 0.1) is 5.92 Å². The summed E-state index contributed by atoms with van der Waals surface area (Å²) >= 11 is 0. The van der Waals surface area contributed by atoms with E-state index in [0.29, 0.717) is 31.1 Å². The number of aromatic nitrogens is 3. The van der Waals surface area contributed by atoms with Crippen LogP contribution in [-0.4, -0.2) is 26.0 Å².